The number of carbonyl (C=O) groups excluding carboxylic acids is 1. The molecule has 0 saturated heterocycles. The normalized spacial score (nSPS) is 12.2. The molecule has 2 rings (SSSR count). The Labute approximate surface area is 128 Å². The van der Waals surface area contributed by atoms with Crippen LogP contribution in [0, 0.1) is 11.7 Å². The number of rotatable bonds is 4. The summed E-state index contributed by atoms with van der Waals surface area (Å²) in [6.07, 6.45) is 2.50. The van der Waals surface area contributed by atoms with Gasteiger partial charge in [0.25, 0.3) is 0 Å². The first-order valence-electron chi connectivity index (χ1n) is 6.65. The van der Waals surface area contributed by atoms with Gasteiger partial charge in [0, 0.05) is 11.2 Å². The van der Waals surface area contributed by atoms with Gasteiger partial charge in [-0.2, -0.15) is 0 Å². The molecule has 0 aliphatic carbocycles. The van der Waals surface area contributed by atoms with Crippen molar-refractivity contribution in [2.24, 2.45) is 5.92 Å². The van der Waals surface area contributed by atoms with Gasteiger partial charge >= 0.3 is 0 Å². The van der Waals surface area contributed by atoms with Crippen molar-refractivity contribution in [1.29, 1.82) is 0 Å². The minimum atomic E-state index is -0.556. The van der Waals surface area contributed by atoms with E-state index in [9.17, 15) is 9.18 Å². The van der Waals surface area contributed by atoms with Crippen LogP contribution in [0.15, 0.2) is 42.7 Å². The van der Waals surface area contributed by atoms with Crippen LogP contribution in [0.5, 0.6) is 0 Å². The summed E-state index contributed by atoms with van der Waals surface area (Å²) < 4.78 is 13.6. The van der Waals surface area contributed by atoms with Crippen LogP contribution in [0.2, 0.25) is 5.02 Å². The molecule has 1 atom stereocenters. The van der Waals surface area contributed by atoms with Crippen molar-refractivity contribution < 1.29 is 9.18 Å². The Bertz CT molecular complexity index is 646. The Morgan fingerprint density at radius 1 is 1.33 bits per heavy atom. The van der Waals surface area contributed by atoms with E-state index in [1.807, 2.05) is 19.9 Å². The molecule has 1 heterocycles. The average molecular weight is 307 g/mol. The second kappa shape index (κ2) is 6.68. The Balaban J connectivity index is 2.27. The number of hydrogen-bond donors (Lipinski definition) is 1. The van der Waals surface area contributed by atoms with Gasteiger partial charge in [0.1, 0.15) is 0 Å². The van der Waals surface area contributed by atoms with E-state index in [0.717, 1.165) is 11.8 Å². The highest BCUT2D eigenvalue weighted by Gasteiger charge is 2.25. The summed E-state index contributed by atoms with van der Waals surface area (Å²) in [7, 11) is 0. The molecule has 0 aliphatic heterocycles. The van der Waals surface area contributed by atoms with Gasteiger partial charge in [0.15, 0.2) is 5.82 Å². The van der Waals surface area contributed by atoms with Crippen LogP contribution in [-0.2, 0) is 4.79 Å². The summed E-state index contributed by atoms with van der Waals surface area (Å²) in [5, 5.41) is 3.18. The summed E-state index contributed by atoms with van der Waals surface area (Å²) >= 11 is 5.98. The molecule has 2 aromatic rings. The van der Waals surface area contributed by atoms with Gasteiger partial charge in [-0.1, -0.05) is 37.6 Å². The maximum atomic E-state index is 13.6. The molecular formula is C16H16ClFN2O. The number of pyridine rings is 1. The lowest BCUT2D eigenvalue weighted by Gasteiger charge is -2.21. The lowest BCUT2D eigenvalue weighted by molar-refractivity contribution is -0.118. The van der Waals surface area contributed by atoms with Crippen molar-refractivity contribution >= 4 is 23.2 Å². The molecule has 110 valence electrons. The smallest absolute Gasteiger partial charge is 0.232 e. The van der Waals surface area contributed by atoms with Crippen LogP contribution < -0.4 is 5.32 Å². The van der Waals surface area contributed by atoms with Crippen LogP contribution in [0.25, 0.3) is 0 Å². The molecule has 0 bridgehead atoms. The van der Waals surface area contributed by atoms with Crippen LogP contribution in [-0.4, -0.2) is 10.9 Å². The average Bonchev–Trinajstić information content (AvgIpc) is 2.41. The molecule has 0 saturated carbocycles. The fraction of sp³-hybridized carbons (Fsp3) is 0.250. The number of hydrogen-bond acceptors (Lipinski definition) is 2. The number of nitrogens with one attached hydrogen (secondary N) is 1. The van der Waals surface area contributed by atoms with E-state index in [1.165, 1.54) is 12.3 Å². The standard InChI is InChI=1S/C16H16ClFN2O/c1-10(2)15(11-4-3-5-12(17)8-11)16(21)20-14-6-7-19-9-13(14)18/h3-10,15H,1-2H3,(H,19,20,21)/t15-/m0/s1. The third kappa shape index (κ3) is 3.79. The van der Waals surface area contributed by atoms with Gasteiger partial charge in [-0.15, -0.1) is 0 Å². The lowest BCUT2D eigenvalue weighted by Crippen LogP contribution is -2.25. The molecule has 5 heteroatoms. The van der Waals surface area contributed by atoms with E-state index in [2.05, 4.69) is 10.3 Å². The molecule has 0 fully saturated rings. The van der Waals surface area contributed by atoms with Crippen molar-refractivity contribution in [2.75, 3.05) is 5.32 Å². The van der Waals surface area contributed by atoms with Crippen LogP contribution in [0.1, 0.15) is 25.3 Å². The Morgan fingerprint density at radius 3 is 2.71 bits per heavy atom. The van der Waals surface area contributed by atoms with Gasteiger partial charge in [-0.3, -0.25) is 9.78 Å². The van der Waals surface area contributed by atoms with E-state index in [4.69, 9.17) is 11.6 Å². The lowest BCUT2D eigenvalue weighted by atomic mass is 9.87. The van der Waals surface area contributed by atoms with Gasteiger partial charge in [0.05, 0.1) is 17.8 Å². The summed E-state index contributed by atoms with van der Waals surface area (Å²) in [4.78, 5) is 16.1. The van der Waals surface area contributed by atoms with Gasteiger partial charge in [-0.05, 0) is 29.7 Å². The summed E-state index contributed by atoms with van der Waals surface area (Å²) in [5.74, 6) is -1.18. The van der Waals surface area contributed by atoms with E-state index < -0.39 is 11.7 Å². The second-order valence-corrected chi connectivity index (χ2v) is 5.56. The first-order chi connectivity index (χ1) is 9.99. The van der Waals surface area contributed by atoms with Crippen molar-refractivity contribution in [3.8, 4) is 0 Å². The highest BCUT2D eigenvalue weighted by atomic mass is 35.5. The molecule has 1 amide bonds. The predicted molar refractivity (Wildman–Crippen MR) is 81.9 cm³/mol. The fourth-order valence-corrected chi connectivity index (χ4v) is 2.42. The van der Waals surface area contributed by atoms with E-state index >= 15 is 0 Å². The SMILES string of the molecule is CC(C)[C@H](C(=O)Nc1ccncc1F)c1cccc(Cl)c1. The van der Waals surface area contributed by atoms with E-state index in [1.54, 1.807) is 18.2 Å². The van der Waals surface area contributed by atoms with E-state index in [-0.39, 0.29) is 17.5 Å². The number of anilines is 1. The fourth-order valence-electron chi connectivity index (χ4n) is 2.23. The quantitative estimate of drug-likeness (QED) is 0.917. The molecule has 0 radical (unpaired) electrons. The Morgan fingerprint density at radius 2 is 2.10 bits per heavy atom. The van der Waals surface area contributed by atoms with Crippen molar-refractivity contribution in [2.45, 2.75) is 19.8 Å². The molecular weight excluding hydrogens is 291 g/mol. The number of amides is 1. The number of aromatic nitrogens is 1. The number of benzene rings is 1. The van der Waals surface area contributed by atoms with Crippen LogP contribution in [0.4, 0.5) is 10.1 Å². The first kappa shape index (κ1) is 15.4. The minimum absolute atomic E-state index is 0.0494. The van der Waals surface area contributed by atoms with Crippen molar-refractivity contribution in [3.63, 3.8) is 0 Å². The molecule has 1 aromatic heterocycles. The zero-order valence-corrected chi connectivity index (χ0v) is 12.6. The summed E-state index contributed by atoms with van der Waals surface area (Å²) in [6, 6.07) is 8.59. The van der Waals surface area contributed by atoms with Crippen LogP contribution in [0.3, 0.4) is 0 Å². The van der Waals surface area contributed by atoms with Crippen molar-refractivity contribution in [1.82, 2.24) is 4.98 Å². The van der Waals surface area contributed by atoms with Crippen LogP contribution >= 0.6 is 11.6 Å². The zero-order chi connectivity index (χ0) is 15.4. The summed E-state index contributed by atoms with van der Waals surface area (Å²) in [6.45, 7) is 3.88. The summed E-state index contributed by atoms with van der Waals surface area (Å²) in [5.41, 5.74) is 0.937. The minimum Gasteiger partial charge on any atom is -0.323 e. The molecule has 0 spiro atoms. The Kier molecular flexibility index (Phi) is 4.91. The molecule has 1 N–H and O–H groups in total. The largest absolute Gasteiger partial charge is 0.323 e. The molecule has 0 unspecified atom stereocenters. The maximum Gasteiger partial charge on any atom is 0.232 e. The molecule has 0 aliphatic rings. The molecule has 3 nitrogen and oxygen atoms in total. The first-order valence-corrected chi connectivity index (χ1v) is 7.02. The third-order valence-electron chi connectivity index (χ3n) is 3.19. The number of halogens is 2. The zero-order valence-electron chi connectivity index (χ0n) is 11.8. The van der Waals surface area contributed by atoms with Gasteiger partial charge in [0.2, 0.25) is 5.91 Å². The predicted octanol–water partition coefficient (Wildman–Crippen LogP) is 4.25. The second-order valence-electron chi connectivity index (χ2n) is 5.12. The monoisotopic (exact) mass is 306 g/mol. The van der Waals surface area contributed by atoms with Crippen molar-refractivity contribution in [3.05, 3.63) is 59.1 Å². The number of nitrogens with zero attached hydrogens (tertiary/aromatic N) is 1. The topological polar surface area (TPSA) is 42.0 Å². The molecule has 1 aromatic carbocycles. The number of carbonyl (C=O) groups is 1. The van der Waals surface area contributed by atoms with Gasteiger partial charge < -0.3 is 5.32 Å². The van der Waals surface area contributed by atoms with E-state index in [0.29, 0.717) is 5.02 Å². The van der Waals surface area contributed by atoms with Gasteiger partial charge in [-0.25, -0.2) is 4.39 Å². The highest BCUT2D eigenvalue weighted by molar-refractivity contribution is 6.30. The Hall–Kier alpha value is -1.94. The maximum absolute atomic E-state index is 13.6. The molecule has 21 heavy (non-hydrogen) atoms. The third-order valence-corrected chi connectivity index (χ3v) is 3.42. The highest BCUT2D eigenvalue weighted by Crippen LogP contribution is 2.28.